The molecule has 108 valence electrons. The zero-order valence-corrected chi connectivity index (χ0v) is 12.0. The minimum atomic E-state index is -0.461. The number of nitrogens with zero attached hydrogens (tertiary/aromatic N) is 1. The maximum Gasteiger partial charge on any atom is 0.247 e. The van der Waals surface area contributed by atoms with Gasteiger partial charge in [0.05, 0.1) is 11.4 Å². The largest absolute Gasteiger partial charge is 0.345 e. The van der Waals surface area contributed by atoms with Gasteiger partial charge in [-0.1, -0.05) is 19.3 Å². The van der Waals surface area contributed by atoms with Gasteiger partial charge in [-0.3, -0.25) is 14.6 Å². The molecule has 1 aromatic heterocycles. The minimum Gasteiger partial charge on any atom is -0.345 e. The molecule has 0 unspecified atom stereocenters. The fourth-order valence-electron chi connectivity index (χ4n) is 2.37. The Balaban J connectivity index is 2.01. The van der Waals surface area contributed by atoms with Crippen LogP contribution in [0.4, 0.5) is 5.69 Å². The number of pyridine rings is 1. The Labute approximate surface area is 119 Å². The molecule has 1 fully saturated rings. The second-order valence-electron chi connectivity index (χ2n) is 5.41. The van der Waals surface area contributed by atoms with Crippen LogP contribution in [0.5, 0.6) is 0 Å². The first kappa shape index (κ1) is 14.5. The topological polar surface area (TPSA) is 71.1 Å². The summed E-state index contributed by atoms with van der Waals surface area (Å²) in [5.41, 5.74) is 1.47. The van der Waals surface area contributed by atoms with Crippen molar-refractivity contribution in [2.45, 2.75) is 45.6 Å². The molecule has 1 aliphatic carbocycles. The monoisotopic (exact) mass is 275 g/mol. The average Bonchev–Trinajstić information content (AvgIpc) is 2.34. The molecule has 0 aromatic carbocycles. The first-order valence-electron chi connectivity index (χ1n) is 7.06. The molecule has 2 rings (SSSR count). The molecule has 0 bridgehead atoms. The van der Waals surface area contributed by atoms with Crippen molar-refractivity contribution in [1.82, 2.24) is 10.3 Å². The summed E-state index contributed by atoms with van der Waals surface area (Å²) >= 11 is 0. The number of aryl methyl sites for hydroxylation is 1. The Morgan fingerprint density at radius 2 is 2.20 bits per heavy atom. The summed E-state index contributed by atoms with van der Waals surface area (Å²) in [6.07, 6.45) is 5.92. The lowest BCUT2D eigenvalue weighted by Gasteiger charge is -2.29. The zero-order chi connectivity index (χ0) is 14.5. The van der Waals surface area contributed by atoms with Crippen molar-refractivity contribution < 1.29 is 9.59 Å². The third kappa shape index (κ3) is 3.79. The summed E-state index contributed by atoms with van der Waals surface area (Å²) in [6.45, 7) is 3.28. The number of aromatic nitrogens is 1. The van der Waals surface area contributed by atoms with Crippen molar-refractivity contribution in [2.24, 2.45) is 5.92 Å². The molecule has 0 aliphatic heterocycles. The van der Waals surface area contributed by atoms with Crippen molar-refractivity contribution in [3.8, 4) is 0 Å². The number of rotatable bonds is 5. The Morgan fingerprint density at radius 3 is 2.75 bits per heavy atom. The highest BCUT2D eigenvalue weighted by Crippen LogP contribution is 2.30. The fraction of sp³-hybridized carbons (Fsp3) is 0.533. The van der Waals surface area contributed by atoms with E-state index in [1.54, 1.807) is 12.3 Å². The van der Waals surface area contributed by atoms with Gasteiger partial charge in [-0.15, -0.1) is 0 Å². The normalized spacial score (nSPS) is 16.1. The number of hydrogen-bond donors (Lipinski definition) is 2. The maximum absolute atomic E-state index is 12.3. The number of carbonyl (C=O) groups is 2. The second-order valence-corrected chi connectivity index (χ2v) is 5.41. The van der Waals surface area contributed by atoms with Gasteiger partial charge in [0.2, 0.25) is 11.8 Å². The Bertz CT molecular complexity index is 498. The van der Waals surface area contributed by atoms with Gasteiger partial charge in [0.25, 0.3) is 0 Å². The molecule has 5 nitrogen and oxygen atoms in total. The van der Waals surface area contributed by atoms with Crippen LogP contribution in [0.15, 0.2) is 18.3 Å². The van der Waals surface area contributed by atoms with Crippen molar-refractivity contribution in [3.05, 3.63) is 24.0 Å². The highest BCUT2D eigenvalue weighted by molar-refractivity contribution is 5.97. The lowest BCUT2D eigenvalue weighted by atomic mass is 9.80. The maximum atomic E-state index is 12.3. The molecular formula is C15H21N3O2. The van der Waals surface area contributed by atoms with E-state index in [0.29, 0.717) is 18.0 Å². The molecule has 0 spiro atoms. The standard InChI is InChI=1S/C15H21N3O2/c1-10-13(7-4-8-16-10)18-15(20)14(17-11(2)19)9-12-5-3-6-12/h4,7-8,12,14H,3,5-6,9H2,1-2H3,(H,17,19)(H,18,20)/t14-/m1/s1. The molecular weight excluding hydrogens is 254 g/mol. The van der Waals surface area contributed by atoms with Crippen LogP contribution in [0.3, 0.4) is 0 Å². The van der Waals surface area contributed by atoms with Gasteiger partial charge >= 0.3 is 0 Å². The van der Waals surface area contributed by atoms with E-state index < -0.39 is 6.04 Å². The van der Waals surface area contributed by atoms with Crippen LogP contribution in [-0.4, -0.2) is 22.8 Å². The molecule has 1 saturated carbocycles. The van der Waals surface area contributed by atoms with Gasteiger partial charge in [-0.2, -0.15) is 0 Å². The van der Waals surface area contributed by atoms with E-state index in [9.17, 15) is 9.59 Å². The summed E-state index contributed by atoms with van der Waals surface area (Å²) in [7, 11) is 0. The van der Waals surface area contributed by atoms with Crippen LogP contribution in [0.1, 0.15) is 38.3 Å². The Kier molecular flexibility index (Phi) is 4.71. The molecule has 1 aromatic rings. The van der Waals surface area contributed by atoms with E-state index >= 15 is 0 Å². The quantitative estimate of drug-likeness (QED) is 0.863. The van der Waals surface area contributed by atoms with Gasteiger partial charge < -0.3 is 10.6 Å². The molecule has 0 radical (unpaired) electrons. The molecule has 2 amide bonds. The molecule has 0 saturated heterocycles. The number of nitrogens with one attached hydrogen (secondary N) is 2. The molecule has 2 N–H and O–H groups in total. The Morgan fingerprint density at radius 1 is 1.45 bits per heavy atom. The van der Waals surface area contributed by atoms with E-state index in [1.165, 1.54) is 13.3 Å². The van der Waals surface area contributed by atoms with Crippen LogP contribution in [0.25, 0.3) is 0 Å². The molecule has 1 heterocycles. The number of amides is 2. The lowest BCUT2D eigenvalue weighted by molar-refractivity contribution is -0.125. The van der Waals surface area contributed by atoms with Gasteiger partial charge in [-0.05, 0) is 31.4 Å². The van der Waals surface area contributed by atoms with Gasteiger partial charge in [0, 0.05) is 13.1 Å². The summed E-state index contributed by atoms with van der Waals surface area (Å²) < 4.78 is 0. The number of hydrogen-bond acceptors (Lipinski definition) is 3. The van der Waals surface area contributed by atoms with E-state index in [0.717, 1.165) is 18.5 Å². The van der Waals surface area contributed by atoms with Crippen LogP contribution < -0.4 is 10.6 Å². The van der Waals surface area contributed by atoms with Crippen molar-refractivity contribution in [2.75, 3.05) is 5.32 Å². The molecule has 5 heteroatoms. The average molecular weight is 275 g/mol. The van der Waals surface area contributed by atoms with Crippen LogP contribution in [0.2, 0.25) is 0 Å². The summed E-state index contributed by atoms with van der Waals surface area (Å²) in [4.78, 5) is 27.7. The highest BCUT2D eigenvalue weighted by Gasteiger charge is 2.27. The van der Waals surface area contributed by atoms with E-state index in [2.05, 4.69) is 15.6 Å². The van der Waals surface area contributed by atoms with Crippen LogP contribution in [-0.2, 0) is 9.59 Å². The van der Waals surface area contributed by atoms with Crippen LogP contribution in [0, 0.1) is 12.8 Å². The number of carbonyl (C=O) groups excluding carboxylic acids is 2. The summed E-state index contributed by atoms with van der Waals surface area (Å²) in [5, 5.41) is 5.60. The minimum absolute atomic E-state index is 0.164. The first-order chi connectivity index (χ1) is 9.56. The van der Waals surface area contributed by atoms with Crippen LogP contribution >= 0.6 is 0 Å². The first-order valence-corrected chi connectivity index (χ1v) is 7.06. The highest BCUT2D eigenvalue weighted by atomic mass is 16.2. The zero-order valence-electron chi connectivity index (χ0n) is 12.0. The third-order valence-electron chi connectivity index (χ3n) is 3.75. The summed E-state index contributed by atoms with van der Waals surface area (Å²) in [6, 6.07) is 3.13. The van der Waals surface area contributed by atoms with Gasteiger partial charge in [-0.25, -0.2) is 0 Å². The molecule has 20 heavy (non-hydrogen) atoms. The van der Waals surface area contributed by atoms with E-state index in [4.69, 9.17) is 0 Å². The summed E-state index contributed by atoms with van der Waals surface area (Å²) in [5.74, 6) is 0.211. The van der Waals surface area contributed by atoms with Gasteiger partial charge in [0.1, 0.15) is 6.04 Å². The smallest absolute Gasteiger partial charge is 0.247 e. The van der Waals surface area contributed by atoms with Crippen molar-refractivity contribution in [3.63, 3.8) is 0 Å². The molecule has 1 aliphatic rings. The number of anilines is 1. The predicted octanol–water partition coefficient (Wildman–Crippen LogP) is 2.02. The van der Waals surface area contributed by atoms with Crippen molar-refractivity contribution in [1.29, 1.82) is 0 Å². The Hall–Kier alpha value is -1.91. The second kappa shape index (κ2) is 6.50. The SMILES string of the molecule is CC(=O)N[C@H](CC1CCC1)C(=O)Nc1cccnc1C. The third-order valence-corrected chi connectivity index (χ3v) is 3.75. The van der Waals surface area contributed by atoms with E-state index in [-0.39, 0.29) is 11.8 Å². The van der Waals surface area contributed by atoms with E-state index in [1.807, 2.05) is 13.0 Å². The van der Waals surface area contributed by atoms with Crippen molar-refractivity contribution >= 4 is 17.5 Å². The fourth-order valence-corrected chi connectivity index (χ4v) is 2.37. The molecule has 1 atom stereocenters. The van der Waals surface area contributed by atoms with Gasteiger partial charge in [0.15, 0.2) is 0 Å². The lowest BCUT2D eigenvalue weighted by Crippen LogP contribution is -2.44. The predicted molar refractivity (Wildman–Crippen MR) is 77.2 cm³/mol.